The lowest BCUT2D eigenvalue weighted by Gasteiger charge is -2.21. The molecule has 3 N–H and O–H groups in total. The number of benzene rings is 3. The van der Waals surface area contributed by atoms with Gasteiger partial charge in [-0.25, -0.2) is 4.39 Å². The predicted molar refractivity (Wildman–Crippen MR) is 92.3 cm³/mol. The Bertz CT molecular complexity index is 1090. The van der Waals surface area contributed by atoms with E-state index in [1.807, 2.05) is 0 Å². The van der Waals surface area contributed by atoms with Gasteiger partial charge in [0.15, 0.2) is 28.9 Å². The summed E-state index contributed by atoms with van der Waals surface area (Å²) in [5.74, 6) is -2.30. The van der Waals surface area contributed by atoms with Crippen LogP contribution in [-0.4, -0.2) is 16.7 Å². The Morgan fingerprint density at radius 3 is 2.08 bits per heavy atom. The molecule has 4 rings (SSSR count). The highest BCUT2D eigenvalue weighted by molar-refractivity contribution is 6.31. The van der Waals surface area contributed by atoms with Crippen molar-refractivity contribution in [1.82, 2.24) is 0 Å². The molecule has 0 atom stereocenters. The van der Waals surface area contributed by atoms with Crippen molar-refractivity contribution in [3.05, 3.63) is 82.7 Å². The van der Waals surface area contributed by atoms with Gasteiger partial charge in [-0.1, -0.05) is 36.4 Å². The Morgan fingerprint density at radius 1 is 0.846 bits per heavy atom. The number of aromatic hydroxyl groups is 1. The lowest BCUT2D eigenvalue weighted by Crippen LogP contribution is -2.22. The smallest absolute Gasteiger partial charge is 0.198 e. The molecule has 0 fully saturated rings. The minimum absolute atomic E-state index is 0.105. The van der Waals surface area contributed by atoms with Crippen LogP contribution in [0.25, 0.3) is 0 Å². The third kappa shape index (κ3) is 2.23. The number of nitrogen functional groups attached to an aromatic ring is 1. The molecule has 1 aliphatic rings. The summed E-state index contributed by atoms with van der Waals surface area (Å²) in [6.07, 6.45) is 0. The van der Waals surface area contributed by atoms with E-state index in [0.29, 0.717) is 0 Å². The van der Waals surface area contributed by atoms with Gasteiger partial charge in [0.1, 0.15) is 5.75 Å². The number of ketones is 2. The number of carbonyl (C=O) groups excluding carboxylic acids is 2. The maximum absolute atomic E-state index is 13.8. The molecular formula is C20H12FNO4. The molecule has 0 saturated heterocycles. The molecule has 0 aromatic heterocycles. The summed E-state index contributed by atoms with van der Waals surface area (Å²) in [5.41, 5.74) is 6.00. The molecule has 0 spiro atoms. The lowest BCUT2D eigenvalue weighted by molar-refractivity contribution is 0.0977. The van der Waals surface area contributed by atoms with E-state index >= 15 is 0 Å². The van der Waals surface area contributed by atoms with Crippen LogP contribution in [0.1, 0.15) is 31.8 Å². The van der Waals surface area contributed by atoms with E-state index in [4.69, 9.17) is 10.5 Å². The van der Waals surface area contributed by atoms with E-state index in [1.54, 1.807) is 18.2 Å². The summed E-state index contributed by atoms with van der Waals surface area (Å²) in [4.78, 5) is 25.5. The molecule has 6 heteroatoms. The van der Waals surface area contributed by atoms with Crippen molar-refractivity contribution >= 4 is 17.3 Å². The minimum atomic E-state index is -0.628. The highest BCUT2D eigenvalue weighted by Gasteiger charge is 2.35. The molecule has 128 valence electrons. The Balaban J connectivity index is 1.90. The number of anilines is 1. The summed E-state index contributed by atoms with van der Waals surface area (Å²) in [7, 11) is 0. The number of ether oxygens (including phenoxy) is 1. The van der Waals surface area contributed by atoms with Gasteiger partial charge in [0.2, 0.25) is 0 Å². The van der Waals surface area contributed by atoms with Crippen LogP contribution in [0.15, 0.2) is 54.6 Å². The van der Waals surface area contributed by atoms with Crippen molar-refractivity contribution in [1.29, 1.82) is 0 Å². The van der Waals surface area contributed by atoms with Gasteiger partial charge in [-0.05, 0) is 12.1 Å². The van der Waals surface area contributed by atoms with Gasteiger partial charge in [0.05, 0.1) is 16.8 Å². The first-order chi connectivity index (χ1) is 12.5. The van der Waals surface area contributed by atoms with Gasteiger partial charge in [0, 0.05) is 17.2 Å². The molecule has 0 saturated carbocycles. The van der Waals surface area contributed by atoms with Crippen molar-refractivity contribution in [2.75, 3.05) is 5.73 Å². The molecule has 0 unspecified atom stereocenters. The van der Waals surface area contributed by atoms with Crippen molar-refractivity contribution < 1.29 is 23.8 Å². The first-order valence-electron chi connectivity index (χ1n) is 7.75. The predicted octanol–water partition coefficient (Wildman–Crippen LogP) is 3.68. The summed E-state index contributed by atoms with van der Waals surface area (Å²) >= 11 is 0. The van der Waals surface area contributed by atoms with E-state index in [2.05, 4.69) is 0 Å². The molecule has 0 radical (unpaired) electrons. The SMILES string of the molecule is Nc1c(Oc2ccccc2F)cc(O)c2c1C(=O)c1ccccc1C2=O. The highest BCUT2D eigenvalue weighted by Crippen LogP contribution is 2.42. The zero-order chi connectivity index (χ0) is 18.4. The second-order valence-electron chi connectivity index (χ2n) is 5.79. The fourth-order valence-corrected chi connectivity index (χ4v) is 3.00. The van der Waals surface area contributed by atoms with Gasteiger partial charge < -0.3 is 15.6 Å². The van der Waals surface area contributed by atoms with Crippen LogP contribution in [0.3, 0.4) is 0 Å². The molecule has 1 aliphatic carbocycles. The number of carbonyl (C=O) groups is 2. The Morgan fingerprint density at radius 2 is 1.42 bits per heavy atom. The van der Waals surface area contributed by atoms with Crippen LogP contribution in [0, 0.1) is 5.82 Å². The van der Waals surface area contributed by atoms with Crippen LogP contribution in [0.4, 0.5) is 10.1 Å². The van der Waals surface area contributed by atoms with Crippen molar-refractivity contribution in [2.45, 2.75) is 0 Å². The van der Waals surface area contributed by atoms with Gasteiger partial charge in [-0.2, -0.15) is 0 Å². The van der Waals surface area contributed by atoms with Crippen molar-refractivity contribution in [3.63, 3.8) is 0 Å². The van der Waals surface area contributed by atoms with E-state index in [-0.39, 0.29) is 39.4 Å². The number of hydrogen-bond donors (Lipinski definition) is 2. The lowest BCUT2D eigenvalue weighted by atomic mass is 9.82. The standard InChI is InChI=1S/C20H12FNO4/c21-12-7-3-4-8-14(12)26-15-9-13(23)16-17(18(15)22)20(25)11-6-2-1-5-10(11)19(16)24/h1-9,23H,22H2. The summed E-state index contributed by atoms with van der Waals surface area (Å²) in [6, 6.07) is 13.0. The maximum atomic E-state index is 13.8. The molecule has 0 heterocycles. The quantitative estimate of drug-likeness (QED) is 0.426. The van der Waals surface area contributed by atoms with Gasteiger partial charge in [-0.3, -0.25) is 9.59 Å². The number of fused-ring (bicyclic) bond motifs is 2. The molecule has 26 heavy (non-hydrogen) atoms. The van der Waals surface area contributed by atoms with Crippen LogP contribution in [-0.2, 0) is 0 Å². The number of phenolic OH excluding ortho intramolecular Hbond substituents is 1. The van der Waals surface area contributed by atoms with Crippen LogP contribution in [0.2, 0.25) is 0 Å². The number of rotatable bonds is 2. The zero-order valence-electron chi connectivity index (χ0n) is 13.3. The Labute approximate surface area is 147 Å². The second kappa shape index (κ2) is 5.70. The van der Waals surface area contributed by atoms with Crippen molar-refractivity contribution in [3.8, 4) is 17.2 Å². The van der Waals surface area contributed by atoms with E-state index in [9.17, 15) is 19.1 Å². The van der Waals surface area contributed by atoms with Crippen LogP contribution >= 0.6 is 0 Å². The first kappa shape index (κ1) is 15.8. The molecule has 3 aromatic carbocycles. The molecule has 0 aliphatic heterocycles. The Hall–Kier alpha value is -3.67. The third-order valence-corrected chi connectivity index (χ3v) is 4.24. The third-order valence-electron chi connectivity index (χ3n) is 4.24. The van der Waals surface area contributed by atoms with Gasteiger partial charge >= 0.3 is 0 Å². The zero-order valence-corrected chi connectivity index (χ0v) is 13.3. The van der Waals surface area contributed by atoms with E-state index in [1.165, 1.54) is 30.3 Å². The molecule has 5 nitrogen and oxygen atoms in total. The summed E-state index contributed by atoms with van der Waals surface area (Å²) < 4.78 is 19.3. The average Bonchev–Trinajstić information content (AvgIpc) is 2.64. The average molecular weight is 349 g/mol. The van der Waals surface area contributed by atoms with Gasteiger partial charge in [0.25, 0.3) is 0 Å². The Kier molecular flexibility index (Phi) is 3.47. The van der Waals surface area contributed by atoms with E-state index < -0.39 is 23.1 Å². The molecular weight excluding hydrogens is 337 g/mol. The van der Waals surface area contributed by atoms with Crippen LogP contribution < -0.4 is 10.5 Å². The largest absolute Gasteiger partial charge is 0.507 e. The number of halogens is 1. The van der Waals surface area contributed by atoms with Gasteiger partial charge in [-0.15, -0.1) is 0 Å². The monoisotopic (exact) mass is 349 g/mol. The van der Waals surface area contributed by atoms with E-state index in [0.717, 1.165) is 6.07 Å². The highest BCUT2D eigenvalue weighted by atomic mass is 19.1. The maximum Gasteiger partial charge on any atom is 0.198 e. The molecule has 0 bridgehead atoms. The topological polar surface area (TPSA) is 89.6 Å². The number of para-hydroxylation sites is 1. The second-order valence-corrected chi connectivity index (χ2v) is 5.79. The first-order valence-corrected chi connectivity index (χ1v) is 7.75. The minimum Gasteiger partial charge on any atom is -0.507 e. The summed E-state index contributed by atoms with van der Waals surface area (Å²) in [6.45, 7) is 0. The van der Waals surface area contributed by atoms with Crippen molar-refractivity contribution in [2.24, 2.45) is 0 Å². The number of hydrogen-bond acceptors (Lipinski definition) is 5. The van der Waals surface area contributed by atoms with Crippen LogP contribution in [0.5, 0.6) is 17.2 Å². The summed E-state index contributed by atoms with van der Waals surface area (Å²) in [5, 5.41) is 10.3. The fourth-order valence-electron chi connectivity index (χ4n) is 3.00. The molecule has 3 aromatic rings. The number of phenols is 1. The normalized spacial score (nSPS) is 12.5. The molecule has 0 amide bonds. The number of nitrogens with two attached hydrogens (primary N) is 1. The fraction of sp³-hybridized carbons (Fsp3) is 0.